The van der Waals surface area contributed by atoms with E-state index >= 15 is 0 Å². The van der Waals surface area contributed by atoms with Gasteiger partial charge in [0.1, 0.15) is 5.75 Å². The second-order valence-corrected chi connectivity index (χ2v) is 5.91. The summed E-state index contributed by atoms with van der Waals surface area (Å²) in [5.41, 5.74) is 1.60. The maximum absolute atomic E-state index is 11.9. The number of nitrogens with zero attached hydrogens (tertiary/aromatic N) is 1. The third kappa shape index (κ3) is 3.40. The molecule has 1 amide bonds. The van der Waals surface area contributed by atoms with Crippen LogP contribution in [-0.2, 0) is 4.79 Å². The monoisotopic (exact) mass is 379 g/mol. The van der Waals surface area contributed by atoms with E-state index in [0.29, 0.717) is 16.5 Å². The molecule has 7 heteroatoms. The molecule has 0 unspecified atom stereocenters. The van der Waals surface area contributed by atoms with Crippen molar-refractivity contribution < 1.29 is 9.53 Å². The van der Waals surface area contributed by atoms with Gasteiger partial charge in [0.15, 0.2) is 6.61 Å². The van der Waals surface area contributed by atoms with Crippen molar-refractivity contribution in [3.63, 3.8) is 0 Å². The number of benzene rings is 2. The Balaban J connectivity index is 1.62. The zero-order valence-corrected chi connectivity index (χ0v) is 13.6. The van der Waals surface area contributed by atoms with Crippen LogP contribution in [0.5, 0.6) is 5.75 Å². The number of nitrogens with one attached hydrogen (secondary N) is 2. The van der Waals surface area contributed by atoms with Crippen molar-refractivity contribution in [3.8, 4) is 5.75 Å². The maximum Gasteiger partial charge on any atom is 0.262 e. The molecule has 1 aromatic heterocycles. The van der Waals surface area contributed by atoms with Crippen LogP contribution < -0.4 is 10.1 Å². The summed E-state index contributed by atoms with van der Waals surface area (Å²) in [5, 5.41) is 10.9. The molecular weight excluding hydrogens is 370 g/mol. The van der Waals surface area contributed by atoms with E-state index in [0.717, 1.165) is 15.4 Å². The molecule has 2 aromatic carbocycles. The number of amides is 1. The lowest BCUT2D eigenvalue weighted by atomic mass is 10.2. The van der Waals surface area contributed by atoms with Crippen molar-refractivity contribution in [1.29, 1.82) is 0 Å². The van der Waals surface area contributed by atoms with Gasteiger partial charge in [-0.25, -0.2) is 0 Å². The number of halogens is 2. The van der Waals surface area contributed by atoms with Gasteiger partial charge in [-0.1, -0.05) is 27.5 Å². The van der Waals surface area contributed by atoms with E-state index in [1.165, 1.54) is 0 Å². The van der Waals surface area contributed by atoms with Gasteiger partial charge in [-0.15, -0.1) is 0 Å². The number of anilines is 1. The number of carbonyl (C=O) groups excluding carboxylic acids is 1. The van der Waals surface area contributed by atoms with Crippen LogP contribution in [0.2, 0.25) is 5.02 Å². The molecular formula is C15H11BrClN3O2. The topological polar surface area (TPSA) is 67.0 Å². The predicted molar refractivity (Wildman–Crippen MR) is 89.4 cm³/mol. The first-order valence-corrected chi connectivity index (χ1v) is 7.60. The van der Waals surface area contributed by atoms with E-state index in [1.54, 1.807) is 30.5 Å². The Bertz CT molecular complexity index is 835. The van der Waals surface area contributed by atoms with Crippen molar-refractivity contribution >= 4 is 50.0 Å². The number of H-pyrrole nitrogens is 1. The number of ether oxygens (including phenoxy) is 1. The SMILES string of the molecule is O=C(COc1ccc(Br)cc1Cl)Nc1ccc2[nH]ncc2c1. The van der Waals surface area contributed by atoms with Crippen LogP contribution in [0.1, 0.15) is 0 Å². The van der Waals surface area contributed by atoms with Crippen molar-refractivity contribution in [2.24, 2.45) is 0 Å². The maximum atomic E-state index is 11.9. The minimum Gasteiger partial charge on any atom is -0.482 e. The zero-order valence-electron chi connectivity index (χ0n) is 11.3. The minimum atomic E-state index is -0.262. The van der Waals surface area contributed by atoms with Crippen molar-refractivity contribution in [2.75, 3.05) is 11.9 Å². The quantitative estimate of drug-likeness (QED) is 0.719. The average Bonchev–Trinajstić information content (AvgIpc) is 2.94. The summed E-state index contributed by atoms with van der Waals surface area (Å²) in [6.45, 7) is -0.120. The molecule has 1 heterocycles. The molecule has 3 rings (SSSR count). The Labute approximate surface area is 139 Å². The number of aromatic amines is 1. The first-order chi connectivity index (χ1) is 10.6. The van der Waals surface area contributed by atoms with Gasteiger partial charge >= 0.3 is 0 Å². The summed E-state index contributed by atoms with van der Waals surface area (Å²) in [7, 11) is 0. The van der Waals surface area contributed by atoms with Crippen LogP contribution >= 0.6 is 27.5 Å². The second-order valence-electron chi connectivity index (χ2n) is 4.58. The highest BCUT2D eigenvalue weighted by Crippen LogP contribution is 2.27. The summed E-state index contributed by atoms with van der Waals surface area (Å²) in [6, 6.07) is 10.7. The highest BCUT2D eigenvalue weighted by molar-refractivity contribution is 9.10. The Morgan fingerprint density at radius 3 is 3.00 bits per heavy atom. The minimum absolute atomic E-state index is 0.120. The molecule has 0 atom stereocenters. The predicted octanol–water partition coefficient (Wildman–Crippen LogP) is 4.00. The van der Waals surface area contributed by atoms with Gasteiger partial charge in [-0.3, -0.25) is 9.89 Å². The second kappa shape index (κ2) is 6.37. The summed E-state index contributed by atoms with van der Waals surface area (Å²) < 4.78 is 6.26. The van der Waals surface area contributed by atoms with E-state index in [9.17, 15) is 4.79 Å². The number of hydrogen-bond acceptors (Lipinski definition) is 3. The lowest BCUT2D eigenvalue weighted by Crippen LogP contribution is -2.20. The van der Waals surface area contributed by atoms with E-state index in [2.05, 4.69) is 31.4 Å². The molecule has 0 spiro atoms. The van der Waals surface area contributed by atoms with E-state index < -0.39 is 0 Å². The van der Waals surface area contributed by atoms with Gasteiger partial charge < -0.3 is 10.1 Å². The lowest BCUT2D eigenvalue weighted by molar-refractivity contribution is -0.118. The third-order valence-electron chi connectivity index (χ3n) is 2.98. The number of fused-ring (bicyclic) bond motifs is 1. The number of carbonyl (C=O) groups is 1. The molecule has 3 aromatic rings. The van der Waals surface area contributed by atoms with Crippen LogP contribution in [0.15, 0.2) is 47.1 Å². The number of hydrogen-bond donors (Lipinski definition) is 2. The van der Waals surface area contributed by atoms with Crippen molar-refractivity contribution in [2.45, 2.75) is 0 Å². The van der Waals surface area contributed by atoms with Gasteiger partial charge in [-0.05, 0) is 36.4 Å². The largest absolute Gasteiger partial charge is 0.482 e. The van der Waals surface area contributed by atoms with Crippen LogP contribution in [0.3, 0.4) is 0 Å². The first kappa shape index (κ1) is 14.9. The summed E-state index contributed by atoms with van der Waals surface area (Å²) in [6.07, 6.45) is 1.70. The normalized spacial score (nSPS) is 10.6. The Morgan fingerprint density at radius 2 is 2.18 bits per heavy atom. The van der Waals surface area contributed by atoms with Crippen molar-refractivity contribution in [3.05, 3.63) is 52.1 Å². The summed E-state index contributed by atoms with van der Waals surface area (Å²) in [5.74, 6) is 0.201. The van der Waals surface area contributed by atoms with Crippen LogP contribution in [0, 0.1) is 0 Å². The van der Waals surface area contributed by atoms with Crippen LogP contribution in [0.25, 0.3) is 10.9 Å². The fraction of sp³-hybridized carbons (Fsp3) is 0.0667. The number of rotatable bonds is 4. The molecule has 0 saturated carbocycles. The molecule has 0 bridgehead atoms. The van der Waals surface area contributed by atoms with Crippen molar-refractivity contribution in [1.82, 2.24) is 10.2 Å². The summed E-state index contributed by atoms with van der Waals surface area (Å²) >= 11 is 9.34. The Hall–Kier alpha value is -2.05. The fourth-order valence-electron chi connectivity index (χ4n) is 1.95. The lowest BCUT2D eigenvalue weighted by Gasteiger charge is -2.09. The van der Waals surface area contributed by atoms with Gasteiger partial charge in [0.05, 0.1) is 16.7 Å². The smallest absolute Gasteiger partial charge is 0.262 e. The highest BCUT2D eigenvalue weighted by Gasteiger charge is 2.07. The summed E-state index contributed by atoms with van der Waals surface area (Å²) in [4.78, 5) is 11.9. The molecule has 22 heavy (non-hydrogen) atoms. The third-order valence-corrected chi connectivity index (χ3v) is 3.77. The standard InChI is InChI=1S/C15H11BrClN3O2/c16-10-1-4-14(12(17)6-10)22-8-15(21)19-11-2-3-13-9(5-11)7-18-20-13/h1-7H,8H2,(H,18,20)(H,19,21). The molecule has 0 aliphatic heterocycles. The molecule has 5 nitrogen and oxygen atoms in total. The Morgan fingerprint density at radius 1 is 1.32 bits per heavy atom. The molecule has 0 fully saturated rings. The molecule has 2 N–H and O–H groups in total. The van der Waals surface area contributed by atoms with Gasteiger partial charge in [0, 0.05) is 15.5 Å². The fourth-order valence-corrected chi connectivity index (χ4v) is 2.68. The Kier molecular flexibility index (Phi) is 4.31. The van der Waals surface area contributed by atoms with E-state index in [1.807, 2.05) is 12.1 Å². The molecule has 0 saturated heterocycles. The van der Waals surface area contributed by atoms with E-state index in [4.69, 9.17) is 16.3 Å². The first-order valence-electron chi connectivity index (χ1n) is 6.42. The molecule has 112 valence electrons. The van der Waals surface area contributed by atoms with E-state index in [-0.39, 0.29) is 12.5 Å². The zero-order chi connectivity index (χ0) is 15.5. The molecule has 0 aliphatic carbocycles. The highest BCUT2D eigenvalue weighted by atomic mass is 79.9. The average molecular weight is 381 g/mol. The van der Waals surface area contributed by atoms with Gasteiger partial charge in [-0.2, -0.15) is 5.10 Å². The van der Waals surface area contributed by atoms with Crippen LogP contribution in [0.4, 0.5) is 5.69 Å². The van der Waals surface area contributed by atoms with Crippen LogP contribution in [-0.4, -0.2) is 22.7 Å². The number of aromatic nitrogens is 2. The molecule has 0 radical (unpaired) electrons. The van der Waals surface area contributed by atoms with Gasteiger partial charge in [0.2, 0.25) is 0 Å². The van der Waals surface area contributed by atoms with Gasteiger partial charge in [0.25, 0.3) is 5.91 Å². The molecule has 0 aliphatic rings.